The van der Waals surface area contributed by atoms with Crippen molar-refractivity contribution in [2.75, 3.05) is 11.9 Å². The Bertz CT molecular complexity index is 310. The molecule has 0 spiro atoms. The van der Waals surface area contributed by atoms with Gasteiger partial charge in [-0.15, -0.1) is 0 Å². The first-order valence-electron chi connectivity index (χ1n) is 5.36. The molecule has 0 aliphatic heterocycles. The van der Waals surface area contributed by atoms with E-state index in [1.807, 2.05) is 12.1 Å². The number of hydrogen-bond acceptors (Lipinski definition) is 1. The first-order valence-corrected chi connectivity index (χ1v) is 6.82. The lowest BCUT2D eigenvalue weighted by Gasteiger charge is -2.15. The van der Waals surface area contributed by atoms with Gasteiger partial charge in [0.05, 0.1) is 10.7 Å². The summed E-state index contributed by atoms with van der Waals surface area (Å²) in [5, 5.41) is 4.22. The van der Waals surface area contributed by atoms with Crippen molar-refractivity contribution < 1.29 is 0 Å². The molecule has 1 aromatic carbocycles. The molecular weight excluding hydrogens is 320 g/mol. The third kappa shape index (κ3) is 4.19. The van der Waals surface area contributed by atoms with E-state index in [0.29, 0.717) is 0 Å². The van der Waals surface area contributed by atoms with E-state index < -0.39 is 0 Å². The van der Waals surface area contributed by atoms with Crippen molar-refractivity contribution in [3.05, 3.63) is 26.8 Å². The van der Waals surface area contributed by atoms with Gasteiger partial charge in [0.15, 0.2) is 0 Å². The molecule has 0 aromatic heterocycles. The largest absolute Gasteiger partial charge is 0.384 e. The Hall–Kier alpha value is 0.0400. The van der Waals surface area contributed by atoms with E-state index in [1.54, 1.807) is 0 Å². The normalized spacial score (nSPS) is 10.7. The summed E-state index contributed by atoms with van der Waals surface area (Å²) in [4.78, 5) is 0. The molecule has 0 bridgehead atoms. The van der Waals surface area contributed by atoms with Crippen molar-refractivity contribution in [3.8, 4) is 0 Å². The van der Waals surface area contributed by atoms with Crippen molar-refractivity contribution in [3.63, 3.8) is 0 Å². The van der Waals surface area contributed by atoms with Crippen LogP contribution in [-0.4, -0.2) is 6.54 Å². The minimum atomic E-state index is 0.736. The molecule has 0 heterocycles. The van der Waals surface area contributed by atoms with Crippen LogP contribution in [-0.2, 0) is 0 Å². The average molecular weight is 338 g/mol. The van der Waals surface area contributed by atoms with Crippen molar-refractivity contribution in [1.82, 2.24) is 0 Å². The number of benzene rings is 1. The molecule has 0 atom stereocenters. The molecule has 0 unspecified atom stereocenters. The molecule has 0 amide bonds. The van der Waals surface area contributed by atoms with Crippen LogP contribution in [0, 0.1) is 9.49 Å². The lowest BCUT2D eigenvalue weighted by atomic mass is 10.0. The quantitative estimate of drug-likeness (QED) is 0.762. The van der Waals surface area contributed by atoms with E-state index in [2.05, 4.69) is 47.8 Å². The summed E-state index contributed by atoms with van der Waals surface area (Å²) < 4.78 is 1.17. The first kappa shape index (κ1) is 13.1. The fraction of sp³-hybridized carbons (Fsp3) is 0.500. The molecular formula is C12H17ClIN. The summed E-state index contributed by atoms with van der Waals surface area (Å²) >= 11 is 8.40. The Balaban J connectivity index is 2.57. The molecule has 1 aromatic rings. The van der Waals surface area contributed by atoms with Crippen LogP contribution in [0.15, 0.2) is 18.2 Å². The molecule has 1 nitrogen and oxygen atoms in total. The second kappa shape index (κ2) is 6.59. The third-order valence-corrected chi connectivity index (χ3v) is 3.65. The number of anilines is 1. The summed E-state index contributed by atoms with van der Waals surface area (Å²) in [5.74, 6) is 0.736. The summed E-state index contributed by atoms with van der Waals surface area (Å²) in [6.45, 7) is 5.46. The van der Waals surface area contributed by atoms with Crippen LogP contribution in [0.2, 0.25) is 5.02 Å². The van der Waals surface area contributed by atoms with Gasteiger partial charge in [0, 0.05) is 10.1 Å². The van der Waals surface area contributed by atoms with Crippen molar-refractivity contribution >= 4 is 39.9 Å². The van der Waals surface area contributed by atoms with Gasteiger partial charge in [0.2, 0.25) is 0 Å². The average Bonchev–Trinajstić information content (AvgIpc) is 2.22. The lowest BCUT2D eigenvalue weighted by Crippen LogP contribution is -2.12. The fourth-order valence-electron chi connectivity index (χ4n) is 1.46. The molecule has 0 fully saturated rings. The number of rotatable bonds is 5. The summed E-state index contributed by atoms with van der Waals surface area (Å²) in [5.41, 5.74) is 1.05. The van der Waals surface area contributed by atoms with Crippen LogP contribution in [0.1, 0.15) is 26.7 Å². The molecule has 0 saturated heterocycles. The maximum atomic E-state index is 6.13. The zero-order valence-electron chi connectivity index (χ0n) is 9.19. The van der Waals surface area contributed by atoms with Crippen LogP contribution in [0.5, 0.6) is 0 Å². The highest BCUT2D eigenvalue weighted by Crippen LogP contribution is 2.24. The van der Waals surface area contributed by atoms with E-state index in [1.165, 1.54) is 16.4 Å². The Morgan fingerprint density at radius 2 is 2.00 bits per heavy atom. The highest BCUT2D eigenvalue weighted by molar-refractivity contribution is 14.1. The Morgan fingerprint density at radius 1 is 1.33 bits per heavy atom. The maximum absolute atomic E-state index is 6.13. The summed E-state index contributed by atoms with van der Waals surface area (Å²) in [6.07, 6.45) is 2.43. The van der Waals surface area contributed by atoms with Gasteiger partial charge in [0.1, 0.15) is 0 Å². The Morgan fingerprint density at radius 3 is 2.53 bits per heavy atom. The van der Waals surface area contributed by atoms with Gasteiger partial charge in [0.25, 0.3) is 0 Å². The van der Waals surface area contributed by atoms with Gasteiger partial charge in [-0.25, -0.2) is 0 Å². The fourth-order valence-corrected chi connectivity index (χ4v) is 2.39. The smallest absolute Gasteiger partial charge is 0.0648 e. The molecule has 0 saturated carbocycles. The highest BCUT2D eigenvalue weighted by Gasteiger charge is 2.05. The molecule has 0 aliphatic rings. The second-order valence-electron chi connectivity index (χ2n) is 3.69. The van der Waals surface area contributed by atoms with Crippen LogP contribution >= 0.6 is 34.2 Å². The highest BCUT2D eigenvalue weighted by atomic mass is 127. The van der Waals surface area contributed by atoms with Crippen LogP contribution in [0.4, 0.5) is 5.69 Å². The molecule has 84 valence electrons. The minimum Gasteiger partial charge on any atom is -0.384 e. The predicted octanol–water partition coefficient (Wildman–Crippen LogP) is 4.79. The summed E-state index contributed by atoms with van der Waals surface area (Å²) in [6, 6.07) is 6.10. The Kier molecular flexibility index (Phi) is 5.75. The van der Waals surface area contributed by atoms with Crippen LogP contribution in [0.25, 0.3) is 0 Å². The van der Waals surface area contributed by atoms with E-state index in [0.717, 1.165) is 23.2 Å². The Labute approximate surface area is 111 Å². The lowest BCUT2D eigenvalue weighted by molar-refractivity contribution is 0.519. The van der Waals surface area contributed by atoms with Gasteiger partial charge >= 0.3 is 0 Å². The SMILES string of the molecule is CCC(CC)CNc1ccc(I)cc1Cl. The van der Waals surface area contributed by atoms with Crippen LogP contribution < -0.4 is 5.32 Å². The summed E-state index contributed by atoms with van der Waals surface area (Å²) in [7, 11) is 0. The van der Waals surface area contributed by atoms with Crippen LogP contribution in [0.3, 0.4) is 0 Å². The number of halogens is 2. The topological polar surface area (TPSA) is 12.0 Å². The molecule has 0 radical (unpaired) electrons. The van der Waals surface area contributed by atoms with Crippen molar-refractivity contribution in [1.29, 1.82) is 0 Å². The van der Waals surface area contributed by atoms with E-state index in [9.17, 15) is 0 Å². The molecule has 1 rings (SSSR count). The zero-order chi connectivity index (χ0) is 11.3. The van der Waals surface area contributed by atoms with Gasteiger partial charge < -0.3 is 5.32 Å². The molecule has 3 heteroatoms. The third-order valence-electron chi connectivity index (χ3n) is 2.67. The zero-order valence-corrected chi connectivity index (χ0v) is 12.1. The van der Waals surface area contributed by atoms with E-state index in [-0.39, 0.29) is 0 Å². The van der Waals surface area contributed by atoms with Gasteiger partial charge in [-0.3, -0.25) is 0 Å². The maximum Gasteiger partial charge on any atom is 0.0648 e. The molecule has 15 heavy (non-hydrogen) atoms. The molecule has 1 N–H and O–H groups in total. The monoisotopic (exact) mass is 337 g/mol. The second-order valence-corrected chi connectivity index (χ2v) is 5.34. The van der Waals surface area contributed by atoms with Gasteiger partial charge in [-0.2, -0.15) is 0 Å². The van der Waals surface area contributed by atoms with Crippen molar-refractivity contribution in [2.24, 2.45) is 5.92 Å². The number of nitrogens with one attached hydrogen (secondary N) is 1. The predicted molar refractivity (Wildman–Crippen MR) is 76.7 cm³/mol. The van der Waals surface area contributed by atoms with E-state index in [4.69, 9.17) is 11.6 Å². The first-order chi connectivity index (χ1) is 7.17. The van der Waals surface area contributed by atoms with Gasteiger partial charge in [-0.1, -0.05) is 38.3 Å². The molecule has 0 aliphatic carbocycles. The van der Waals surface area contributed by atoms with Gasteiger partial charge in [-0.05, 0) is 46.7 Å². The minimum absolute atomic E-state index is 0.736. The standard InChI is InChI=1S/C12H17ClIN/c1-3-9(4-2)8-15-12-6-5-10(14)7-11(12)13/h5-7,9,15H,3-4,8H2,1-2H3. The van der Waals surface area contributed by atoms with Crippen molar-refractivity contribution in [2.45, 2.75) is 26.7 Å². The van der Waals surface area contributed by atoms with E-state index >= 15 is 0 Å². The number of hydrogen-bond donors (Lipinski definition) is 1.